The summed E-state index contributed by atoms with van der Waals surface area (Å²) in [7, 11) is 0. The van der Waals surface area contributed by atoms with Gasteiger partial charge in [-0.1, -0.05) is 11.6 Å². The van der Waals surface area contributed by atoms with Gasteiger partial charge >= 0.3 is 6.09 Å². The van der Waals surface area contributed by atoms with Crippen LogP contribution in [0, 0.1) is 0 Å². The Balaban J connectivity index is 1.17. The summed E-state index contributed by atoms with van der Waals surface area (Å²) >= 11 is 6.29. The number of amides is 1. The summed E-state index contributed by atoms with van der Waals surface area (Å²) < 4.78 is 27.9. The van der Waals surface area contributed by atoms with Gasteiger partial charge in [-0.05, 0) is 73.8 Å². The first-order valence-electron chi connectivity index (χ1n) is 13.9. The number of ether oxygens (including phenoxy) is 4. The maximum absolute atomic E-state index is 12.7. The van der Waals surface area contributed by atoms with Gasteiger partial charge in [-0.15, -0.1) is 0 Å². The zero-order valence-corrected chi connectivity index (χ0v) is 24.2. The number of carbonyl (C=O) groups excluding carboxylic acids is 1. The van der Waals surface area contributed by atoms with E-state index in [0.29, 0.717) is 29.4 Å². The van der Waals surface area contributed by atoms with Crippen LogP contribution in [0.5, 0.6) is 0 Å². The molecule has 12 heteroatoms. The Hall–Kier alpha value is -2.05. The molecule has 0 N–H and O–H groups in total. The van der Waals surface area contributed by atoms with Crippen LogP contribution in [0.2, 0.25) is 5.15 Å². The number of nitrogens with zero attached hydrogens (tertiary/aromatic N) is 6. The minimum atomic E-state index is -0.780. The van der Waals surface area contributed by atoms with E-state index in [9.17, 15) is 4.79 Å². The Morgan fingerprint density at radius 2 is 1.82 bits per heavy atom. The van der Waals surface area contributed by atoms with Gasteiger partial charge in [-0.25, -0.2) is 19.7 Å². The zero-order chi connectivity index (χ0) is 27.6. The number of imidazole rings is 1. The molecule has 5 fully saturated rings. The van der Waals surface area contributed by atoms with Gasteiger partial charge in [0.15, 0.2) is 28.4 Å². The third-order valence-corrected chi connectivity index (χ3v) is 9.61. The SMILES string of the molecule is CC(C)(C)OC(=O)N1CCC2(CCCN2C2[C@H]3O[C@@H](n4cnc5c(Cl)ncnc54)[C@]4(C)OC(C)(C)O[C@]234)CC1. The van der Waals surface area contributed by atoms with Crippen LogP contribution in [-0.2, 0) is 18.9 Å². The molecule has 39 heavy (non-hydrogen) atoms. The maximum Gasteiger partial charge on any atom is 0.410 e. The number of aromatic nitrogens is 4. The van der Waals surface area contributed by atoms with Crippen LogP contribution < -0.4 is 0 Å². The lowest BCUT2D eigenvalue weighted by Crippen LogP contribution is -2.58. The summed E-state index contributed by atoms with van der Waals surface area (Å²) in [5.41, 5.74) is -0.771. The molecule has 6 heterocycles. The molecule has 1 amide bonds. The number of likely N-dealkylation sites (tertiary alicyclic amines) is 2. The van der Waals surface area contributed by atoms with Crippen LogP contribution in [0.4, 0.5) is 4.79 Å². The molecule has 5 aliphatic rings. The predicted octanol–water partition coefficient (Wildman–Crippen LogP) is 3.91. The summed E-state index contributed by atoms with van der Waals surface area (Å²) in [6.07, 6.45) is 6.27. The Morgan fingerprint density at radius 3 is 2.54 bits per heavy atom. The van der Waals surface area contributed by atoms with E-state index in [1.165, 1.54) is 6.33 Å². The van der Waals surface area contributed by atoms with E-state index in [0.717, 1.165) is 32.2 Å². The highest BCUT2D eigenvalue weighted by Crippen LogP contribution is 2.71. The summed E-state index contributed by atoms with van der Waals surface area (Å²) in [6, 6.07) is 0.0594. The van der Waals surface area contributed by atoms with E-state index >= 15 is 0 Å². The zero-order valence-electron chi connectivity index (χ0n) is 23.4. The molecule has 4 saturated heterocycles. The lowest BCUT2D eigenvalue weighted by molar-refractivity contribution is -0.206. The Labute approximate surface area is 233 Å². The van der Waals surface area contributed by atoms with Gasteiger partial charge in [0.05, 0.1) is 12.4 Å². The maximum atomic E-state index is 12.7. The van der Waals surface area contributed by atoms with Crippen molar-refractivity contribution in [2.45, 2.75) is 114 Å². The Morgan fingerprint density at radius 1 is 1.08 bits per heavy atom. The number of hydrogen-bond acceptors (Lipinski definition) is 9. The largest absolute Gasteiger partial charge is 0.444 e. The van der Waals surface area contributed by atoms with Crippen molar-refractivity contribution in [2.24, 2.45) is 0 Å². The smallest absolute Gasteiger partial charge is 0.410 e. The minimum absolute atomic E-state index is 0.000577. The van der Waals surface area contributed by atoms with E-state index < -0.39 is 28.8 Å². The minimum Gasteiger partial charge on any atom is -0.444 e. The third-order valence-electron chi connectivity index (χ3n) is 9.33. The highest BCUT2D eigenvalue weighted by molar-refractivity contribution is 6.33. The number of halogens is 1. The van der Waals surface area contributed by atoms with Gasteiger partial charge in [0.2, 0.25) is 0 Å². The average molecular weight is 561 g/mol. The molecule has 4 aliphatic heterocycles. The third kappa shape index (κ3) is 3.56. The lowest BCUT2D eigenvalue weighted by atomic mass is 9.84. The van der Waals surface area contributed by atoms with Crippen molar-refractivity contribution in [3.8, 4) is 0 Å². The number of carbonyl (C=O) groups is 1. The van der Waals surface area contributed by atoms with Crippen molar-refractivity contribution in [1.82, 2.24) is 29.3 Å². The van der Waals surface area contributed by atoms with Crippen molar-refractivity contribution in [1.29, 1.82) is 0 Å². The molecule has 0 radical (unpaired) electrons. The van der Waals surface area contributed by atoms with Gasteiger partial charge in [0.1, 0.15) is 29.2 Å². The standard InChI is InChI=1S/C27H37ClN6O5/c1-23(2,3)37-22(35)32-12-9-26(10-13-32)8-7-11-34(26)17-18-27(17)25(6,38-24(4,5)39-27)21(36-18)33-15-31-16-19(28)29-14-30-20(16)33/h14-15,17-18,21H,7-13H2,1-6H3/t17?,18-,21-,25+,27-/m1/s1. The van der Waals surface area contributed by atoms with Gasteiger partial charge in [-0.2, -0.15) is 0 Å². The highest BCUT2D eigenvalue weighted by Gasteiger charge is 2.90. The molecule has 11 nitrogen and oxygen atoms in total. The van der Waals surface area contributed by atoms with E-state index in [1.54, 1.807) is 6.33 Å². The Kier molecular flexibility index (Phi) is 5.33. The topological polar surface area (TPSA) is 104 Å². The quantitative estimate of drug-likeness (QED) is 0.506. The predicted molar refractivity (Wildman–Crippen MR) is 141 cm³/mol. The summed E-state index contributed by atoms with van der Waals surface area (Å²) in [5.74, 6) is -0.778. The number of piperidine rings is 1. The first kappa shape index (κ1) is 25.9. The molecule has 1 saturated carbocycles. The van der Waals surface area contributed by atoms with Crippen LogP contribution in [-0.4, -0.2) is 95.3 Å². The molecule has 1 unspecified atom stereocenters. The molecule has 2 spiro atoms. The summed E-state index contributed by atoms with van der Waals surface area (Å²) in [4.78, 5) is 30.2. The number of fused-ring (bicyclic) bond motifs is 1. The van der Waals surface area contributed by atoms with Crippen LogP contribution in [0.25, 0.3) is 11.2 Å². The first-order chi connectivity index (χ1) is 18.3. The van der Waals surface area contributed by atoms with Gasteiger partial charge in [0, 0.05) is 18.6 Å². The molecular formula is C27H37ClN6O5. The molecule has 2 aromatic heterocycles. The van der Waals surface area contributed by atoms with Crippen LogP contribution >= 0.6 is 11.6 Å². The van der Waals surface area contributed by atoms with Gasteiger partial charge < -0.3 is 23.8 Å². The van der Waals surface area contributed by atoms with E-state index in [-0.39, 0.29) is 23.8 Å². The van der Waals surface area contributed by atoms with Crippen molar-refractivity contribution in [2.75, 3.05) is 19.6 Å². The van der Waals surface area contributed by atoms with Gasteiger partial charge in [0.25, 0.3) is 0 Å². The molecule has 7 rings (SSSR count). The molecule has 2 aromatic rings. The van der Waals surface area contributed by atoms with E-state index in [1.807, 2.05) is 44.1 Å². The molecule has 0 bridgehead atoms. The molecule has 212 valence electrons. The normalized spacial score (nSPS) is 36.9. The lowest BCUT2D eigenvalue weighted by Gasteiger charge is -2.47. The van der Waals surface area contributed by atoms with E-state index in [4.69, 9.17) is 30.5 Å². The van der Waals surface area contributed by atoms with Crippen LogP contribution in [0.3, 0.4) is 0 Å². The molecule has 1 aliphatic carbocycles. The second-order valence-corrected chi connectivity index (χ2v) is 13.7. The molecular weight excluding hydrogens is 524 g/mol. The average Bonchev–Trinajstić information content (AvgIpc) is 3.21. The second kappa shape index (κ2) is 8.03. The van der Waals surface area contributed by atoms with Crippen molar-refractivity contribution in [3.63, 3.8) is 0 Å². The number of rotatable bonds is 2. The fraction of sp³-hybridized carbons (Fsp3) is 0.778. The summed E-state index contributed by atoms with van der Waals surface area (Å²) in [5, 5.41) is 0.306. The molecule has 5 atom stereocenters. The monoisotopic (exact) mass is 560 g/mol. The number of hydrogen-bond donors (Lipinski definition) is 0. The van der Waals surface area contributed by atoms with Crippen molar-refractivity contribution < 1.29 is 23.7 Å². The second-order valence-electron chi connectivity index (χ2n) is 13.3. The van der Waals surface area contributed by atoms with Crippen LogP contribution in [0.15, 0.2) is 12.7 Å². The van der Waals surface area contributed by atoms with E-state index in [2.05, 4.69) is 26.8 Å². The van der Waals surface area contributed by atoms with Crippen molar-refractivity contribution >= 4 is 28.9 Å². The van der Waals surface area contributed by atoms with Gasteiger partial charge in [-0.3, -0.25) is 9.47 Å². The Bertz CT molecular complexity index is 1340. The molecule has 0 aromatic carbocycles. The summed E-state index contributed by atoms with van der Waals surface area (Å²) in [6.45, 7) is 14.1. The fourth-order valence-electron chi connectivity index (χ4n) is 7.90. The highest BCUT2D eigenvalue weighted by atomic mass is 35.5. The van der Waals surface area contributed by atoms with Crippen LogP contribution in [0.1, 0.15) is 73.5 Å². The fourth-order valence-corrected chi connectivity index (χ4v) is 8.08. The first-order valence-corrected chi connectivity index (χ1v) is 14.3. The van der Waals surface area contributed by atoms with Crippen molar-refractivity contribution in [3.05, 3.63) is 17.8 Å².